The third-order valence-corrected chi connectivity index (χ3v) is 4.78. The minimum Gasteiger partial charge on any atom is -0.323 e. The SMILES string of the molecule is CCCN(C(C)C)S(=O)(=O)c1ccccc1NN. The Balaban J connectivity index is 3.26. The Morgan fingerprint density at radius 3 is 2.44 bits per heavy atom. The van der Waals surface area contributed by atoms with E-state index in [1.807, 2.05) is 20.8 Å². The van der Waals surface area contributed by atoms with Crippen LogP contribution < -0.4 is 11.3 Å². The van der Waals surface area contributed by atoms with E-state index in [-0.39, 0.29) is 10.9 Å². The third-order valence-electron chi connectivity index (χ3n) is 2.65. The van der Waals surface area contributed by atoms with E-state index < -0.39 is 10.0 Å². The van der Waals surface area contributed by atoms with Crippen LogP contribution in [0.3, 0.4) is 0 Å². The summed E-state index contributed by atoms with van der Waals surface area (Å²) in [5.74, 6) is 5.36. The normalized spacial score (nSPS) is 12.1. The molecule has 0 aliphatic carbocycles. The molecule has 0 aliphatic heterocycles. The average Bonchev–Trinajstić information content (AvgIpc) is 2.35. The molecule has 0 saturated carbocycles. The van der Waals surface area contributed by atoms with Crippen molar-refractivity contribution in [2.75, 3.05) is 12.0 Å². The molecule has 0 fully saturated rings. The first-order valence-corrected chi connectivity index (χ1v) is 7.46. The number of hydrogen-bond acceptors (Lipinski definition) is 4. The zero-order chi connectivity index (χ0) is 13.8. The van der Waals surface area contributed by atoms with Gasteiger partial charge in [-0.05, 0) is 32.4 Å². The lowest BCUT2D eigenvalue weighted by molar-refractivity contribution is 0.354. The van der Waals surface area contributed by atoms with E-state index in [4.69, 9.17) is 5.84 Å². The number of hydrazine groups is 1. The quantitative estimate of drug-likeness (QED) is 0.611. The van der Waals surface area contributed by atoms with E-state index in [9.17, 15) is 8.42 Å². The van der Waals surface area contributed by atoms with E-state index in [0.29, 0.717) is 12.2 Å². The second kappa shape index (κ2) is 6.17. The molecule has 3 N–H and O–H groups in total. The summed E-state index contributed by atoms with van der Waals surface area (Å²) in [5.41, 5.74) is 2.85. The van der Waals surface area contributed by atoms with Crippen molar-refractivity contribution >= 4 is 15.7 Å². The predicted molar refractivity (Wildman–Crippen MR) is 73.6 cm³/mol. The number of nitrogens with one attached hydrogen (secondary N) is 1. The Kier molecular flexibility index (Phi) is 5.13. The van der Waals surface area contributed by atoms with Crippen LogP contribution in [0.1, 0.15) is 27.2 Å². The van der Waals surface area contributed by atoms with Gasteiger partial charge in [0.25, 0.3) is 0 Å². The number of rotatable bonds is 6. The molecule has 0 amide bonds. The van der Waals surface area contributed by atoms with Crippen molar-refractivity contribution in [1.82, 2.24) is 4.31 Å². The topological polar surface area (TPSA) is 75.4 Å². The molecule has 0 atom stereocenters. The molecule has 0 radical (unpaired) electrons. The lowest BCUT2D eigenvalue weighted by atomic mass is 10.3. The van der Waals surface area contributed by atoms with Crippen LogP contribution in [-0.2, 0) is 10.0 Å². The zero-order valence-electron chi connectivity index (χ0n) is 11.1. The third kappa shape index (κ3) is 3.01. The fraction of sp³-hybridized carbons (Fsp3) is 0.500. The van der Waals surface area contributed by atoms with Gasteiger partial charge in [0.2, 0.25) is 10.0 Å². The Bertz CT molecular complexity index is 486. The van der Waals surface area contributed by atoms with Crippen LogP contribution in [-0.4, -0.2) is 25.3 Å². The Morgan fingerprint density at radius 2 is 1.94 bits per heavy atom. The van der Waals surface area contributed by atoms with Crippen molar-refractivity contribution in [3.05, 3.63) is 24.3 Å². The summed E-state index contributed by atoms with van der Waals surface area (Å²) in [6, 6.07) is 6.57. The number of sulfonamides is 1. The monoisotopic (exact) mass is 271 g/mol. The fourth-order valence-electron chi connectivity index (χ4n) is 1.81. The number of hydrogen-bond donors (Lipinski definition) is 2. The molecule has 0 unspecified atom stereocenters. The maximum Gasteiger partial charge on any atom is 0.245 e. The molecule has 0 saturated heterocycles. The van der Waals surface area contributed by atoms with Gasteiger partial charge >= 0.3 is 0 Å². The smallest absolute Gasteiger partial charge is 0.245 e. The Labute approximate surface area is 109 Å². The first-order chi connectivity index (χ1) is 8.45. The molecule has 102 valence electrons. The van der Waals surface area contributed by atoms with Gasteiger partial charge in [0.15, 0.2) is 0 Å². The van der Waals surface area contributed by atoms with Crippen LogP contribution in [0.25, 0.3) is 0 Å². The molecule has 1 aromatic rings. The highest BCUT2D eigenvalue weighted by Crippen LogP contribution is 2.25. The molecule has 0 heterocycles. The first kappa shape index (κ1) is 14.9. The average molecular weight is 271 g/mol. The molecule has 1 aromatic carbocycles. The maximum absolute atomic E-state index is 12.6. The molecule has 0 bridgehead atoms. The number of benzene rings is 1. The summed E-state index contributed by atoms with van der Waals surface area (Å²) in [5, 5.41) is 0. The number of nitrogen functional groups attached to an aromatic ring is 1. The lowest BCUT2D eigenvalue weighted by Gasteiger charge is -2.26. The summed E-state index contributed by atoms with van der Waals surface area (Å²) in [6.07, 6.45) is 0.773. The number of nitrogens with zero attached hydrogens (tertiary/aromatic N) is 1. The zero-order valence-corrected chi connectivity index (χ0v) is 11.9. The van der Waals surface area contributed by atoms with Gasteiger partial charge in [0.05, 0.1) is 5.69 Å². The van der Waals surface area contributed by atoms with Crippen molar-refractivity contribution < 1.29 is 8.42 Å². The molecule has 0 spiro atoms. The lowest BCUT2D eigenvalue weighted by Crippen LogP contribution is -2.37. The summed E-state index contributed by atoms with van der Waals surface area (Å²) in [6.45, 7) is 6.19. The summed E-state index contributed by atoms with van der Waals surface area (Å²) >= 11 is 0. The molecule has 0 aromatic heterocycles. The minimum absolute atomic E-state index is 0.0826. The van der Waals surface area contributed by atoms with Gasteiger partial charge in [-0.25, -0.2) is 8.42 Å². The van der Waals surface area contributed by atoms with E-state index >= 15 is 0 Å². The number of nitrogens with two attached hydrogens (primary N) is 1. The van der Waals surface area contributed by atoms with E-state index in [1.54, 1.807) is 24.3 Å². The Hall–Kier alpha value is -1.11. The molecule has 18 heavy (non-hydrogen) atoms. The van der Waals surface area contributed by atoms with E-state index in [1.165, 1.54) is 4.31 Å². The molecular formula is C12H21N3O2S. The summed E-state index contributed by atoms with van der Waals surface area (Å²) in [7, 11) is -3.51. The standard InChI is InChI=1S/C12H21N3O2S/c1-4-9-15(10(2)3)18(16,17)12-8-6-5-7-11(12)14-13/h5-8,10,14H,4,9,13H2,1-3H3. The second-order valence-electron chi connectivity index (χ2n) is 4.35. The van der Waals surface area contributed by atoms with E-state index in [2.05, 4.69) is 5.43 Å². The van der Waals surface area contributed by atoms with Crippen LogP contribution in [0.2, 0.25) is 0 Å². The molecule has 1 rings (SSSR count). The van der Waals surface area contributed by atoms with Crippen molar-refractivity contribution in [2.24, 2.45) is 5.84 Å². The minimum atomic E-state index is -3.51. The highest BCUT2D eigenvalue weighted by Gasteiger charge is 2.28. The van der Waals surface area contributed by atoms with Gasteiger partial charge in [-0.2, -0.15) is 4.31 Å². The second-order valence-corrected chi connectivity index (χ2v) is 6.21. The Morgan fingerprint density at radius 1 is 1.33 bits per heavy atom. The highest BCUT2D eigenvalue weighted by molar-refractivity contribution is 7.89. The van der Waals surface area contributed by atoms with Crippen LogP contribution in [0.15, 0.2) is 29.2 Å². The summed E-state index contributed by atoms with van der Waals surface area (Å²) in [4.78, 5) is 0.217. The van der Waals surface area contributed by atoms with Gasteiger partial charge in [0, 0.05) is 12.6 Å². The maximum atomic E-state index is 12.6. The molecular weight excluding hydrogens is 250 g/mol. The van der Waals surface area contributed by atoms with Crippen molar-refractivity contribution in [1.29, 1.82) is 0 Å². The number of anilines is 1. The van der Waals surface area contributed by atoms with Crippen molar-refractivity contribution in [3.63, 3.8) is 0 Å². The van der Waals surface area contributed by atoms with Crippen molar-refractivity contribution in [3.8, 4) is 0 Å². The van der Waals surface area contributed by atoms with Crippen LogP contribution in [0, 0.1) is 0 Å². The molecule has 6 heteroatoms. The van der Waals surface area contributed by atoms with Gasteiger partial charge in [-0.1, -0.05) is 19.1 Å². The van der Waals surface area contributed by atoms with Crippen LogP contribution >= 0.6 is 0 Å². The van der Waals surface area contributed by atoms with E-state index in [0.717, 1.165) is 6.42 Å². The largest absolute Gasteiger partial charge is 0.323 e. The van der Waals surface area contributed by atoms with Gasteiger partial charge in [-0.3, -0.25) is 5.84 Å². The van der Waals surface area contributed by atoms with Gasteiger partial charge in [-0.15, -0.1) is 0 Å². The number of para-hydroxylation sites is 1. The fourth-order valence-corrected chi connectivity index (χ4v) is 3.70. The predicted octanol–water partition coefficient (Wildman–Crippen LogP) is 1.78. The molecule has 5 nitrogen and oxygen atoms in total. The molecule has 0 aliphatic rings. The van der Waals surface area contributed by atoms with Gasteiger partial charge in [0.1, 0.15) is 4.90 Å². The van der Waals surface area contributed by atoms with Crippen LogP contribution in [0.5, 0.6) is 0 Å². The first-order valence-electron chi connectivity index (χ1n) is 6.02. The highest BCUT2D eigenvalue weighted by atomic mass is 32.2. The van der Waals surface area contributed by atoms with Crippen molar-refractivity contribution in [2.45, 2.75) is 38.1 Å². The summed E-state index contributed by atoms with van der Waals surface area (Å²) < 4.78 is 26.6. The van der Waals surface area contributed by atoms with Crippen LogP contribution in [0.4, 0.5) is 5.69 Å². The van der Waals surface area contributed by atoms with Gasteiger partial charge < -0.3 is 5.43 Å².